The smallest absolute Gasteiger partial charge is 0.270 e. The molecule has 0 radical (unpaired) electrons. The summed E-state index contributed by atoms with van der Waals surface area (Å²) in [4.78, 5) is 14.7. The van der Waals surface area contributed by atoms with Crippen LogP contribution < -0.4 is 10.5 Å². The van der Waals surface area contributed by atoms with Crippen LogP contribution in [0.5, 0.6) is 5.75 Å². The van der Waals surface area contributed by atoms with Gasteiger partial charge in [-0.05, 0) is 19.0 Å². The van der Waals surface area contributed by atoms with E-state index in [1.165, 1.54) is 25.3 Å². The summed E-state index contributed by atoms with van der Waals surface area (Å²) in [7, 11) is 1.49. The lowest BCUT2D eigenvalue weighted by molar-refractivity contribution is -0.384. The van der Waals surface area contributed by atoms with Crippen molar-refractivity contribution in [3.05, 3.63) is 34.1 Å². The predicted octanol–water partition coefficient (Wildman–Crippen LogP) is 1.28. The number of nitrogens with zero attached hydrogens (tertiary/aromatic N) is 3. The molecule has 0 atom stereocenters. The van der Waals surface area contributed by atoms with Gasteiger partial charge in [-0.1, -0.05) is 0 Å². The molecule has 20 heavy (non-hydrogen) atoms. The molecule has 2 rings (SSSR count). The maximum Gasteiger partial charge on any atom is 0.270 e. The number of nitro benzene ring substituents is 1. The topological polar surface area (TPSA) is 120 Å². The molecule has 0 bridgehead atoms. The van der Waals surface area contributed by atoms with Gasteiger partial charge in [0, 0.05) is 18.6 Å². The summed E-state index contributed by atoms with van der Waals surface area (Å²) in [5.74, 6) is 1.55. The third-order valence-corrected chi connectivity index (χ3v) is 2.78. The third-order valence-electron chi connectivity index (χ3n) is 2.78. The fourth-order valence-corrected chi connectivity index (χ4v) is 1.78. The molecule has 1 aromatic carbocycles. The van der Waals surface area contributed by atoms with E-state index in [4.69, 9.17) is 10.5 Å². The van der Waals surface area contributed by atoms with Gasteiger partial charge < -0.3 is 10.5 Å². The van der Waals surface area contributed by atoms with Crippen LogP contribution in [0.2, 0.25) is 0 Å². The van der Waals surface area contributed by atoms with E-state index in [0.29, 0.717) is 35.9 Å². The first-order valence-electron chi connectivity index (χ1n) is 6.10. The van der Waals surface area contributed by atoms with Crippen LogP contribution in [0.25, 0.3) is 11.4 Å². The predicted molar refractivity (Wildman–Crippen MR) is 72.4 cm³/mol. The number of hydrogen-bond acceptors (Lipinski definition) is 6. The highest BCUT2D eigenvalue weighted by molar-refractivity contribution is 5.67. The molecule has 0 unspecified atom stereocenters. The Kier molecular flexibility index (Phi) is 4.26. The van der Waals surface area contributed by atoms with Crippen LogP contribution in [0.15, 0.2) is 18.2 Å². The van der Waals surface area contributed by atoms with Crippen molar-refractivity contribution >= 4 is 5.69 Å². The van der Waals surface area contributed by atoms with E-state index in [0.717, 1.165) is 6.42 Å². The minimum absolute atomic E-state index is 0.0332. The number of ether oxygens (including phenoxy) is 1. The van der Waals surface area contributed by atoms with E-state index >= 15 is 0 Å². The van der Waals surface area contributed by atoms with Gasteiger partial charge in [-0.25, -0.2) is 4.98 Å². The number of nitrogens with one attached hydrogen (secondary N) is 1. The summed E-state index contributed by atoms with van der Waals surface area (Å²) in [6, 6.07) is 4.31. The number of nitro groups is 1. The Morgan fingerprint density at radius 2 is 2.30 bits per heavy atom. The molecular formula is C12H15N5O3. The second-order valence-corrected chi connectivity index (χ2v) is 4.14. The number of methoxy groups -OCH3 is 1. The summed E-state index contributed by atoms with van der Waals surface area (Å²) in [5, 5.41) is 17.7. The Morgan fingerprint density at radius 1 is 1.50 bits per heavy atom. The zero-order valence-electron chi connectivity index (χ0n) is 11.0. The van der Waals surface area contributed by atoms with Crippen LogP contribution in [-0.4, -0.2) is 33.8 Å². The Balaban J connectivity index is 2.36. The first kappa shape index (κ1) is 13.9. The Hall–Kier alpha value is -2.48. The second kappa shape index (κ2) is 6.11. The number of rotatable bonds is 6. The number of aromatic amines is 1. The lowest BCUT2D eigenvalue weighted by Crippen LogP contribution is -2.01. The van der Waals surface area contributed by atoms with Crippen LogP contribution in [-0.2, 0) is 6.42 Å². The van der Waals surface area contributed by atoms with Crippen LogP contribution in [0, 0.1) is 10.1 Å². The fourth-order valence-electron chi connectivity index (χ4n) is 1.78. The molecule has 0 saturated carbocycles. The largest absolute Gasteiger partial charge is 0.496 e. The van der Waals surface area contributed by atoms with Gasteiger partial charge in [0.05, 0.1) is 17.6 Å². The molecular weight excluding hydrogens is 262 g/mol. The van der Waals surface area contributed by atoms with Crippen LogP contribution >= 0.6 is 0 Å². The lowest BCUT2D eigenvalue weighted by Gasteiger charge is -2.04. The highest BCUT2D eigenvalue weighted by Crippen LogP contribution is 2.31. The van der Waals surface area contributed by atoms with Crippen LogP contribution in [0.1, 0.15) is 12.2 Å². The van der Waals surface area contributed by atoms with Crippen molar-refractivity contribution in [3.63, 3.8) is 0 Å². The Bertz CT molecular complexity index is 611. The number of nitrogens with two attached hydrogens (primary N) is 1. The zero-order valence-corrected chi connectivity index (χ0v) is 11.0. The van der Waals surface area contributed by atoms with Crippen molar-refractivity contribution in [2.45, 2.75) is 12.8 Å². The van der Waals surface area contributed by atoms with E-state index in [9.17, 15) is 10.1 Å². The lowest BCUT2D eigenvalue weighted by atomic mass is 10.1. The van der Waals surface area contributed by atoms with Crippen LogP contribution in [0.3, 0.4) is 0 Å². The molecule has 0 amide bonds. The van der Waals surface area contributed by atoms with Gasteiger partial charge >= 0.3 is 0 Å². The number of benzene rings is 1. The number of H-pyrrole nitrogens is 1. The van der Waals surface area contributed by atoms with E-state index in [-0.39, 0.29) is 5.69 Å². The Morgan fingerprint density at radius 3 is 2.95 bits per heavy atom. The molecule has 0 aliphatic rings. The molecule has 0 spiro atoms. The van der Waals surface area contributed by atoms with Gasteiger partial charge in [0.15, 0.2) is 5.82 Å². The fraction of sp³-hybridized carbons (Fsp3) is 0.333. The summed E-state index contributed by atoms with van der Waals surface area (Å²) >= 11 is 0. The van der Waals surface area contributed by atoms with E-state index < -0.39 is 4.92 Å². The second-order valence-electron chi connectivity index (χ2n) is 4.14. The number of non-ortho nitro benzene ring substituents is 1. The van der Waals surface area contributed by atoms with Crippen molar-refractivity contribution in [2.24, 2.45) is 5.73 Å². The molecule has 0 aliphatic carbocycles. The molecule has 106 valence electrons. The molecule has 3 N–H and O–H groups in total. The zero-order chi connectivity index (χ0) is 14.5. The third kappa shape index (κ3) is 2.91. The van der Waals surface area contributed by atoms with Crippen molar-refractivity contribution in [1.29, 1.82) is 0 Å². The standard InChI is InChI=1S/C12H15N5O3/c1-20-10-5-4-8(17(18)19)7-9(10)12-14-11(15-16-12)3-2-6-13/h4-5,7H,2-3,6,13H2,1H3,(H,14,15,16). The van der Waals surface area contributed by atoms with Crippen molar-refractivity contribution in [3.8, 4) is 17.1 Å². The minimum Gasteiger partial charge on any atom is -0.496 e. The van der Waals surface area contributed by atoms with Gasteiger partial charge in [-0.2, -0.15) is 5.10 Å². The molecule has 1 aromatic heterocycles. The van der Waals surface area contributed by atoms with Crippen molar-refractivity contribution in [1.82, 2.24) is 15.2 Å². The maximum absolute atomic E-state index is 10.8. The summed E-state index contributed by atoms with van der Waals surface area (Å²) in [6.07, 6.45) is 1.47. The summed E-state index contributed by atoms with van der Waals surface area (Å²) in [6.45, 7) is 0.566. The molecule has 8 nitrogen and oxygen atoms in total. The molecule has 2 aromatic rings. The van der Waals surface area contributed by atoms with Gasteiger partial charge in [0.2, 0.25) is 0 Å². The molecule has 0 fully saturated rings. The monoisotopic (exact) mass is 277 g/mol. The minimum atomic E-state index is -0.467. The summed E-state index contributed by atoms with van der Waals surface area (Å²) < 4.78 is 5.19. The first-order chi connectivity index (χ1) is 9.65. The SMILES string of the molecule is COc1ccc([N+](=O)[O-])cc1-c1n[nH]c(CCCN)n1. The number of hydrogen-bond donors (Lipinski definition) is 2. The highest BCUT2D eigenvalue weighted by Gasteiger charge is 2.16. The number of aryl methyl sites for hydroxylation is 1. The van der Waals surface area contributed by atoms with E-state index in [1.807, 2.05) is 0 Å². The van der Waals surface area contributed by atoms with E-state index in [1.54, 1.807) is 0 Å². The van der Waals surface area contributed by atoms with Crippen molar-refractivity contribution < 1.29 is 9.66 Å². The normalized spacial score (nSPS) is 10.5. The maximum atomic E-state index is 10.8. The van der Waals surface area contributed by atoms with Gasteiger partial charge in [0.25, 0.3) is 5.69 Å². The van der Waals surface area contributed by atoms with Gasteiger partial charge in [-0.3, -0.25) is 15.2 Å². The molecule has 1 heterocycles. The number of aromatic nitrogens is 3. The Labute approximate surface area is 115 Å². The van der Waals surface area contributed by atoms with Crippen LogP contribution in [0.4, 0.5) is 5.69 Å². The molecule has 0 saturated heterocycles. The highest BCUT2D eigenvalue weighted by atomic mass is 16.6. The van der Waals surface area contributed by atoms with Gasteiger partial charge in [0.1, 0.15) is 11.6 Å². The summed E-state index contributed by atoms with van der Waals surface area (Å²) in [5.41, 5.74) is 5.89. The molecule has 0 aliphatic heterocycles. The molecule has 8 heteroatoms. The van der Waals surface area contributed by atoms with E-state index in [2.05, 4.69) is 15.2 Å². The quantitative estimate of drug-likeness (QED) is 0.606. The average molecular weight is 277 g/mol. The van der Waals surface area contributed by atoms with Crippen molar-refractivity contribution in [2.75, 3.05) is 13.7 Å². The average Bonchev–Trinajstić information content (AvgIpc) is 2.93. The van der Waals surface area contributed by atoms with Gasteiger partial charge in [-0.15, -0.1) is 0 Å². The first-order valence-corrected chi connectivity index (χ1v) is 6.10.